The molecule has 0 aliphatic carbocycles. The van der Waals surface area contributed by atoms with Crippen molar-refractivity contribution in [1.29, 1.82) is 0 Å². The highest BCUT2D eigenvalue weighted by Gasteiger charge is 2.48. The molecule has 0 aromatic rings. The van der Waals surface area contributed by atoms with Gasteiger partial charge in [0.2, 0.25) is 0 Å². The van der Waals surface area contributed by atoms with Crippen LogP contribution in [0.3, 0.4) is 0 Å². The van der Waals surface area contributed by atoms with Crippen molar-refractivity contribution in [3.8, 4) is 0 Å². The predicted molar refractivity (Wildman–Crippen MR) is 85.1 cm³/mol. The van der Waals surface area contributed by atoms with E-state index in [2.05, 4.69) is 13.8 Å². The van der Waals surface area contributed by atoms with Gasteiger partial charge in [-0.05, 0) is 19.8 Å². The fraction of sp³-hybridized carbons (Fsp3) is 1.00. The first-order chi connectivity index (χ1) is 9.55. The summed E-state index contributed by atoms with van der Waals surface area (Å²) >= 11 is 0. The molecule has 1 unspecified atom stereocenters. The Hall–Kier alpha value is -0.120. The van der Waals surface area contributed by atoms with Crippen LogP contribution in [0.2, 0.25) is 0 Å². The first kappa shape index (κ1) is 19.9. The number of methoxy groups -OCH3 is 3. The molecule has 0 spiro atoms. The van der Waals surface area contributed by atoms with Crippen LogP contribution in [0, 0.1) is 0 Å². The summed E-state index contributed by atoms with van der Waals surface area (Å²) in [5.74, 6) is -0.679. The molecule has 0 aliphatic heterocycles. The van der Waals surface area contributed by atoms with E-state index in [4.69, 9.17) is 14.2 Å². The van der Waals surface area contributed by atoms with Crippen LogP contribution in [-0.4, -0.2) is 32.7 Å². The molecule has 0 saturated carbocycles. The summed E-state index contributed by atoms with van der Waals surface area (Å²) < 4.78 is 17.2. The number of ether oxygens (including phenoxy) is 3. The Balaban J connectivity index is 4.54. The summed E-state index contributed by atoms with van der Waals surface area (Å²) in [6.07, 6.45) is 10.7. The van der Waals surface area contributed by atoms with Gasteiger partial charge in [0.25, 0.3) is 0 Å². The third-order valence-electron chi connectivity index (χ3n) is 4.59. The summed E-state index contributed by atoms with van der Waals surface area (Å²) in [7, 11) is 5.19. The van der Waals surface area contributed by atoms with Crippen LogP contribution in [0.5, 0.6) is 0 Å². The standard InChI is InChI=1S/C17H36O3/c1-7-9-10-11-12-13-15-17(20-6,14-8-2)16(3,18-4)19-5/h7-15H2,1-6H3. The van der Waals surface area contributed by atoms with Crippen molar-refractivity contribution in [2.75, 3.05) is 21.3 Å². The van der Waals surface area contributed by atoms with Crippen molar-refractivity contribution in [2.45, 2.75) is 89.9 Å². The molecule has 0 aliphatic rings. The highest BCUT2D eigenvalue weighted by molar-refractivity contribution is 4.93. The molecule has 122 valence electrons. The van der Waals surface area contributed by atoms with E-state index < -0.39 is 5.79 Å². The second-order valence-corrected chi connectivity index (χ2v) is 5.82. The maximum absolute atomic E-state index is 5.90. The average molecular weight is 288 g/mol. The van der Waals surface area contributed by atoms with Gasteiger partial charge >= 0.3 is 0 Å². The highest BCUT2D eigenvalue weighted by atomic mass is 16.7. The average Bonchev–Trinajstić information content (AvgIpc) is 2.48. The number of rotatable bonds is 13. The molecule has 0 amide bonds. The molecule has 0 aromatic heterocycles. The molecule has 20 heavy (non-hydrogen) atoms. The third kappa shape index (κ3) is 5.34. The van der Waals surface area contributed by atoms with Crippen LogP contribution in [-0.2, 0) is 14.2 Å². The van der Waals surface area contributed by atoms with Crippen molar-refractivity contribution in [1.82, 2.24) is 0 Å². The number of hydrogen-bond acceptors (Lipinski definition) is 3. The van der Waals surface area contributed by atoms with E-state index in [0.717, 1.165) is 19.3 Å². The van der Waals surface area contributed by atoms with Crippen molar-refractivity contribution >= 4 is 0 Å². The van der Waals surface area contributed by atoms with Gasteiger partial charge in [-0.15, -0.1) is 0 Å². The van der Waals surface area contributed by atoms with Gasteiger partial charge in [0.1, 0.15) is 5.60 Å². The second kappa shape index (κ2) is 10.6. The summed E-state index contributed by atoms with van der Waals surface area (Å²) in [5, 5.41) is 0. The van der Waals surface area contributed by atoms with Crippen LogP contribution in [0.25, 0.3) is 0 Å². The molecule has 0 fully saturated rings. The maximum atomic E-state index is 5.90. The lowest BCUT2D eigenvalue weighted by Crippen LogP contribution is -2.56. The predicted octanol–water partition coefficient (Wildman–Crippen LogP) is 4.93. The monoisotopic (exact) mass is 288 g/mol. The zero-order chi connectivity index (χ0) is 15.5. The minimum atomic E-state index is -0.679. The van der Waals surface area contributed by atoms with Gasteiger partial charge in [-0.2, -0.15) is 0 Å². The molecular formula is C17H36O3. The summed E-state index contributed by atoms with van der Waals surface area (Å²) in [4.78, 5) is 0. The van der Waals surface area contributed by atoms with Gasteiger partial charge in [0.05, 0.1) is 0 Å². The topological polar surface area (TPSA) is 27.7 Å². The fourth-order valence-corrected chi connectivity index (χ4v) is 3.02. The van der Waals surface area contributed by atoms with E-state index in [0.29, 0.717) is 0 Å². The van der Waals surface area contributed by atoms with Crippen LogP contribution >= 0.6 is 0 Å². The fourth-order valence-electron chi connectivity index (χ4n) is 3.02. The molecule has 0 heterocycles. The Morgan fingerprint density at radius 2 is 1.20 bits per heavy atom. The molecule has 0 bridgehead atoms. The van der Waals surface area contributed by atoms with Crippen molar-refractivity contribution in [3.63, 3.8) is 0 Å². The second-order valence-electron chi connectivity index (χ2n) is 5.82. The Morgan fingerprint density at radius 3 is 1.65 bits per heavy atom. The molecule has 0 rings (SSSR count). The Bertz CT molecular complexity index is 226. The first-order valence-electron chi connectivity index (χ1n) is 8.21. The van der Waals surface area contributed by atoms with E-state index in [9.17, 15) is 0 Å². The van der Waals surface area contributed by atoms with Gasteiger partial charge in [0, 0.05) is 21.3 Å². The van der Waals surface area contributed by atoms with Crippen molar-refractivity contribution in [2.24, 2.45) is 0 Å². The highest BCUT2D eigenvalue weighted by Crippen LogP contribution is 2.38. The molecule has 0 saturated heterocycles. The number of hydrogen-bond donors (Lipinski definition) is 0. The van der Waals surface area contributed by atoms with Gasteiger partial charge in [-0.1, -0.05) is 58.8 Å². The SMILES string of the molecule is CCCCCCCCC(CCC)(OC)C(C)(OC)OC. The Labute approximate surface area is 126 Å². The van der Waals surface area contributed by atoms with Crippen LogP contribution in [0.15, 0.2) is 0 Å². The summed E-state index contributed by atoms with van der Waals surface area (Å²) in [5.41, 5.74) is -0.351. The summed E-state index contributed by atoms with van der Waals surface area (Å²) in [6, 6.07) is 0. The van der Waals surface area contributed by atoms with Gasteiger partial charge in [0.15, 0.2) is 5.79 Å². The molecule has 3 nitrogen and oxygen atoms in total. The lowest BCUT2D eigenvalue weighted by molar-refractivity contribution is -0.303. The smallest absolute Gasteiger partial charge is 0.194 e. The van der Waals surface area contributed by atoms with E-state index in [1.54, 1.807) is 21.3 Å². The zero-order valence-electron chi connectivity index (χ0n) is 14.6. The van der Waals surface area contributed by atoms with E-state index >= 15 is 0 Å². The van der Waals surface area contributed by atoms with Crippen molar-refractivity contribution < 1.29 is 14.2 Å². The molecular weight excluding hydrogens is 252 g/mol. The van der Waals surface area contributed by atoms with E-state index in [1.807, 2.05) is 6.92 Å². The zero-order valence-corrected chi connectivity index (χ0v) is 14.6. The van der Waals surface area contributed by atoms with Crippen LogP contribution in [0.4, 0.5) is 0 Å². The van der Waals surface area contributed by atoms with Gasteiger partial charge < -0.3 is 14.2 Å². The van der Waals surface area contributed by atoms with Gasteiger partial charge in [-0.3, -0.25) is 0 Å². The Kier molecular flexibility index (Phi) is 10.5. The lowest BCUT2D eigenvalue weighted by atomic mass is 9.83. The van der Waals surface area contributed by atoms with Crippen LogP contribution < -0.4 is 0 Å². The third-order valence-corrected chi connectivity index (χ3v) is 4.59. The number of unbranched alkanes of at least 4 members (excludes halogenated alkanes) is 5. The maximum Gasteiger partial charge on any atom is 0.194 e. The molecule has 3 heteroatoms. The molecule has 0 radical (unpaired) electrons. The molecule has 0 N–H and O–H groups in total. The van der Waals surface area contributed by atoms with Gasteiger partial charge in [-0.25, -0.2) is 0 Å². The lowest BCUT2D eigenvalue weighted by Gasteiger charge is -2.45. The van der Waals surface area contributed by atoms with Crippen LogP contribution in [0.1, 0.15) is 78.6 Å². The molecule has 0 aromatic carbocycles. The van der Waals surface area contributed by atoms with E-state index in [1.165, 1.54) is 38.5 Å². The van der Waals surface area contributed by atoms with E-state index in [-0.39, 0.29) is 5.60 Å². The molecule has 1 atom stereocenters. The summed E-state index contributed by atoms with van der Waals surface area (Å²) in [6.45, 7) is 6.42. The minimum Gasteiger partial charge on any atom is -0.373 e. The first-order valence-corrected chi connectivity index (χ1v) is 8.21. The largest absolute Gasteiger partial charge is 0.373 e. The minimum absolute atomic E-state index is 0.351. The van der Waals surface area contributed by atoms with Crippen molar-refractivity contribution in [3.05, 3.63) is 0 Å². The Morgan fingerprint density at radius 1 is 0.650 bits per heavy atom. The normalized spacial score (nSPS) is 15.3. The quantitative estimate of drug-likeness (QED) is 0.355.